The minimum atomic E-state index is -3.77. The summed E-state index contributed by atoms with van der Waals surface area (Å²) in [7, 11) is -3.77. The number of hydrogen-bond donors (Lipinski definition) is 2. The Morgan fingerprint density at radius 1 is 1.15 bits per heavy atom. The van der Waals surface area contributed by atoms with E-state index < -0.39 is 21.9 Å². The van der Waals surface area contributed by atoms with Crippen molar-refractivity contribution in [2.24, 2.45) is 5.92 Å². The summed E-state index contributed by atoms with van der Waals surface area (Å²) in [4.78, 5) is 11.8. The average molecular weight is 376 g/mol. The lowest BCUT2D eigenvalue weighted by Crippen LogP contribution is -2.27. The van der Waals surface area contributed by atoms with Crippen LogP contribution in [0.1, 0.15) is 36.9 Å². The lowest BCUT2D eigenvalue weighted by Gasteiger charge is -2.16. The van der Waals surface area contributed by atoms with Crippen LogP contribution in [0.3, 0.4) is 0 Å². The van der Waals surface area contributed by atoms with E-state index in [1.165, 1.54) is 12.1 Å². The highest BCUT2D eigenvalue weighted by Crippen LogP contribution is 2.30. The molecule has 1 unspecified atom stereocenters. The maximum Gasteiger partial charge on any atom is 0.241 e. The number of halogens is 1. The van der Waals surface area contributed by atoms with Crippen molar-refractivity contribution >= 4 is 21.6 Å². The second kappa shape index (κ2) is 7.17. The fraction of sp³-hybridized carbons (Fsp3) is 0.316. The Labute approximate surface area is 152 Å². The Morgan fingerprint density at radius 2 is 1.81 bits per heavy atom. The first kappa shape index (κ1) is 18.5. The molecule has 3 rings (SSSR count). The largest absolute Gasteiger partial charge is 0.326 e. The van der Waals surface area contributed by atoms with Crippen molar-refractivity contribution < 1.29 is 17.6 Å². The Balaban J connectivity index is 1.70. The molecule has 7 heteroatoms. The molecule has 1 fully saturated rings. The third-order valence-corrected chi connectivity index (χ3v) is 6.09. The third-order valence-electron chi connectivity index (χ3n) is 4.38. The smallest absolute Gasteiger partial charge is 0.241 e. The van der Waals surface area contributed by atoms with Gasteiger partial charge < -0.3 is 5.32 Å². The fourth-order valence-corrected chi connectivity index (χ4v) is 4.18. The summed E-state index contributed by atoms with van der Waals surface area (Å²) in [5.74, 6) is -0.323. The Hall–Kier alpha value is -2.25. The van der Waals surface area contributed by atoms with Crippen LogP contribution in [0.2, 0.25) is 0 Å². The predicted octanol–water partition coefficient (Wildman–Crippen LogP) is 3.52. The molecular weight excluding hydrogens is 355 g/mol. The normalized spacial score (nSPS) is 15.5. The van der Waals surface area contributed by atoms with Crippen LogP contribution < -0.4 is 10.0 Å². The molecule has 1 aliphatic rings. The second-order valence-corrected chi connectivity index (χ2v) is 8.32. The van der Waals surface area contributed by atoms with E-state index in [0.717, 1.165) is 24.5 Å². The molecule has 0 aliphatic heterocycles. The monoisotopic (exact) mass is 376 g/mol. The van der Waals surface area contributed by atoms with Crippen molar-refractivity contribution in [1.82, 2.24) is 4.72 Å². The first-order valence-corrected chi connectivity index (χ1v) is 9.94. The van der Waals surface area contributed by atoms with Crippen molar-refractivity contribution in [3.63, 3.8) is 0 Å². The van der Waals surface area contributed by atoms with Gasteiger partial charge in [-0.3, -0.25) is 4.79 Å². The second-order valence-electron chi connectivity index (χ2n) is 6.64. The van der Waals surface area contributed by atoms with Gasteiger partial charge in [-0.15, -0.1) is 0 Å². The van der Waals surface area contributed by atoms with Crippen LogP contribution in [0.25, 0.3) is 0 Å². The molecule has 5 nitrogen and oxygen atoms in total. The van der Waals surface area contributed by atoms with Crippen LogP contribution in [0.15, 0.2) is 47.4 Å². The number of carbonyl (C=O) groups is 1. The number of nitrogens with one attached hydrogen (secondary N) is 2. The summed E-state index contributed by atoms with van der Waals surface area (Å²) in [6.45, 7) is 3.29. The van der Waals surface area contributed by atoms with Crippen molar-refractivity contribution in [3.8, 4) is 0 Å². The molecular formula is C19H21FN2O3S. The van der Waals surface area contributed by atoms with Gasteiger partial charge in [0.2, 0.25) is 15.9 Å². The average Bonchev–Trinajstić information content (AvgIpc) is 3.39. The maximum absolute atomic E-state index is 13.2. The zero-order valence-corrected chi connectivity index (χ0v) is 15.4. The quantitative estimate of drug-likeness (QED) is 0.810. The van der Waals surface area contributed by atoms with Gasteiger partial charge in [0.1, 0.15) is 5.82 Å². The number of sulfonamides is 1. The van der Waals surface area contributed by atoms with Crippen LogP contribution in [-0.4, -0.2) is 14.3 Å². The Morgan fingerprint density at radius 3 is 2.38 bits per heavy atom. The van der Waals surface area contributed by atoms with E-state index in [2.05, 4.69) is 10.0 Å². The van der Waals surface area contributed by atoms with Crippen molar-refractivity contribution in [2.45, 2.75) is 37.6 Å². The summed E-state index contributed by atoms with van der Waals surface area (Å²) >= 11 is 0. The van der Waals surface area contributed by atoms with E-state index in [1.54, 1.807) is 38.1 Å². The molecule has 138 valence electrons. The van der Waals surface area contributed by atoms with Crippen molar-refractivity contribution in [1.29, 1.82) is 0 Å². The summed E-state index contributed by atoms with van der Waals surface area (Å²) in [6, 6.07) is 10.2. The van der Waals surface area contributed by atoms with Gasteiger partial charge in [-0.25, -0.2) is 17.5 Å². The molecule has 2 N–H and O–H groups in total. The van der Waals surface area contributed by atoms with Gasteiger partial charge in [-0.05, 0) is 68.1 Å². The third kappa shape index (κ3) is 4.28. The van der Waals surface area contributed by atoms with E-state index in [1.807, 2.05) is 0 Å². The molecule has 0 spiro atoms. The highest BCUT2D eigenvalue weighted by atomic mass is 32.2. The van der Waals surface area contributed by atoms with Gasteiger partial charge in [0.05, 0.1) is 4.90 Å². The predicted molar refractivity (Wildman–Crippen MR) is 97.7 cm³/mol. The highest BCUT2D eigenvalue weighted by Gasteiger charge is 2.29. The molecule has 0 radical (unpaired) electrons. The molecule has 0 bridgehead atoms. The summed E-state index contributed by atoms with van der Waals surface area (Å²) in [6.07, 6.45) is 1.87. The SMILES string of the molecule is Cc1cc(F)ccc1S(=O)(=O)NC(C)c1ccc(NC(=O)C2CC2)cc1. The summed E-state index contributed by atoms with van der Waals surface area (Å²) in [5.41, 5.74) is 1.80. The van der Waals surface area contributed by atoms with Gasteiger partial charge in [0, 0.05) is 17.6 Å². The lowest BCUT2D eigenvalue weighted by molar-refractivity contribution is -0.117. The van der Waals surface area contributed by atoms with Crippen molar-refractivity contribution in [3.05, 3.63) is 59.4 Å². The summed E-state index contributed by atoms with van der Waals surface area (Å²) < 4.78 is 40.9. The molecule has 2 aromatic rings. The van der Waals surface area contributed by atoms with E-state index in [0.29, 0.717) is 11.3 Å². The minimum Gasteiger partial charge on any atom is -0.326 e. The number of amides is 1. The Kier molecular flexibility index (Phi) is 5.11. The number of rotatable bonds is 6. The van der Waals surface area contributed by atoms with E-state index >= 15 is 0 Å². The van der Waals surface area contributed by atoms with Gasteiger partial charge in [-0.2, -0.15) is 0 Å². The standard InChI is InChI=1S/C19H21FN2O3S/c1-12-11-16(20)7-10-18(12)26(24,25)22-13(2)14-5-8-17(9-6-14)21-19(23)15-3-4-15/h5-11,13,15,22H,3-4H2,1-2H3,(H,21,23). The number of anilines is 1. The van der Waals surface area contributed by atoms with E-state index in [9.17, 15) is 17.6 Å². The first-order valence-electron chi connectivity index (χ1n) is 8.45. The molecule has 1 aliphatic carbocycles. The zero-order chi connectivity index (χ0) is 18.9. The van der Waals surface area contributed by atoms with Crippen LogP contribution in [0, 0.1) is 18.7 Å². The van der Waals surface area contributed by atoms with Crippen LogP contribution in [0.4, 0.5) is 10.1 Å². The minimum absolute atomic E-state index is 0.0262. The number of hydrogen-bond acceptors (Lipinski definition) is 3. The van der Waals surface area contributed by atoms with Crippen LogP contribution in [0.5, 0.6) is 0 Å². The molecule has 1 amide bonds. The highest BCUT2D eigenvalue weighted by molar-refractivity contribution is 7.89. The molecule has 1 saturated carbocycles. The summed E-state index contributed by atoms with van der Waals surface area (Å²) in [5, 5.41) is 2.84. The molecule has 26 heavy (non-hydrogen) atoms. The van der Waals surface area contributed by atoms with Gasteiger partial charge in [-0.1, -0.05) is 12.1 Å². The molecule has 1 atom stereocenters. The molecule has 2 aromatic carbocycles. The first-order chi connectivity index (χ1) is 12.3. The van der Waals surface area contributed by atoms with E-state index in [4.69, 9.17) is 0 Å². The van der Waals surface area contributed by atoms with Gasteiger partial charge in [0.15, 0.2) is 0 Å². The number of benzene rings is 2. The van der Waals surface area contributed by atoms with Crippen LogP contribution >= 0.6 is 0 Å². The lowest BCUT2D eigenvalue weighted by atomic mass is 10.1. The maximum atomic E-state index is 13.2. The van der Waals surface area contributed by atoms with Crippen LogP contribution in [-0.2, 0) is 14.8 Å². The van der Waals surface area contributed by atoms with Gasteiger partial charge >= 0.3 is 0 Å². The Bertz CT molecular complexity index is 922. The zero-order valence-electron chi connectivity index (χ0n) is 14.6. The number of aryl methyl sites for hydroxylation is 1. The molecule has 0 saturated heterocycles. The fourth-order valence-electron chi connectivity index (χ4n) is 2.72. The molecule has 0 aromatic heterocycles. The topological polar surface area (TPSA) is 75.3 Å². The number of carbonyl (C=O) groups excluding carboxylic acids is 1. The van der Waals surface area contributed by atoms with Crippen molar-refractivity contribution in [2.75, 3.05) is 5.32 Å². The molecule has 0 heterocycles. The van der Waals surface area contributed by atoms with E-state index in [-0.39, 0.29) is 16.7 Å². The van der Waals surface area contributed by atoms with Gasteiger partial charge in [0.25, 0.3) is 0 Å².